The van der Waals surface area contributed by atoms with E-state index in [2.05, 4.69) is 49.9 Å². The molecule has 2 atom stereocenters. The van der Waals surface area contributed by atoms with Crippen LogP contribution in [0.4, 0.5) is 5.82 Å². The highest BCUT2D eigenvalue weighted by Gasteiger charge is 2.37. The molecule has 1 aliphatic heterocycles. The molecule has 168 valence electrons. The van der Waals surface area contributed by atoms with E-state index < -0.39 is 10.0 Å². The Morgan fingerprint density at radius 2 is 1.81 bits per heavy atom. The monoisotopic (exact) mass is 444 g/mol. The molecule has 8 heteroatoms. The van der Waals surface area contributed by atoms with Crippen LogP contribution in [0.1, 0.15) is 49.3 Å². The summed E-state index contributed by atoms with van der Waals surface area (Å²) < 4.78 is 32.9. The highest BCUT2D eigenvalue weighted by atomic mass is 32.2. The van der Waals surface area contributed by atoms with Crippen LogP contribution < -0.4 is 9.62 Å². The molecule has 0 bridgehead atoms. The second-order valence-corrected chi connectivity index (χ2v) is 10.6. The molecule has 7 nitrogen and oxygen atoms in total. The fourth-order valence-corrected chi connectivity index (χ4v) is 5.64. The lowest BCUT2D eigenvalue weighted by molar-refractivity contribution is 0.0156. The molecule has 1 aromatic heterocycles. The van der Waals surface area contributed by atoms with Gasteiger partial charge in [-0.2, -0.15) is 0 Å². The predicted molar refractivity (Wildman–Crippen MR) is 122 cm³/mol. The molecule has 1 saturated carbocycles. The van der Waals surface area contributed by atoms with E-state index in [9.17, 15) is 8.42 Å². The number of ether oxygens (including phenoxy) is 1. The van der Waals surface area contributed by atoms with Crippen molar-refractivity contribution in [2.45, 2.75) is 63.1 Å². The van der Waals surface area contributed by atoms with Gasteiger partial charge in [-0.3, -0.25) is 4.98 Å². The lowest BCUT2D eigenvalue weighted by atomic mass is 9.83. The summed E-state index contributed by atoms with van der Waals surface area (Å²) in [5, 5.41) is 0. The van der Waals surface area contributed by atoms with E-state index in [0.717, 1.165) is 50.2 Å². The van der Waals surface area contributed by atoms with Gasteiger partial charge in [0.05, 0.1) is 43.1 Å². The molecule has 1 aromatic carbocycles. The minimum absolute atomic E-state index is 0.0985. The smallest absolute Gasteiger partial charge is 0.209 e. The first-order chi connectivity index (χ1) is 14.9. The Labute approximate surface area is 185 Å². The number of nitrogens with one attached hydrogen (secondary N) is 1. The first-order valence-corrected chi connectivity index (χ1v) is 13.0. The lowest BCUT2D eigenvalue weighted by Crippen LogP contribution is -2.48. The van der Waals surface area contributed by atoms with Crippen LogP contribution in [-0.2, 0) is 14.8 Å². The predicted octanol–water partition coefficient (Wildman–Crippen LogP) is 3.02. The van der Waals surface area contributed by atoms with Crippen molar-refractivity contribution in [3.8, 4) is 0 Å². The van der Waals surface area contributed by atoms with Crippen molar-refractivity contribution in [1.29, 1.82) is 0 Å². The number of aryl methyl sites for hydroxylation is 1. The third-order valence-corrected chi connectivity index (χ3v) is 7.15. The van der Waals surface area contributed by atoms with Crippen molar-refractivity contribution in [1.82, 2.24) is 14.7 Å². The maximum Gasteiger partial charge on any atom is 0.209 e. The molecule has 1 saturated heterocycles. The zero-order valence-corrected chi connectivity index (χ0v) is 19.1. The lowest BCUT2D eigenvalue weighted by Gasteiger charge is -2.33. The van der Waals surface area contributed by atoms with E-state index in [1.165, 1.54) is 11.8 Å². The molecule has 1 aliphatic carbocycles. The zero-order chi connectivity index (χ0) is 21.8. The summed E-state index contributed by atoms with van der Waals surface area (Å²) in [6.45, 7) is 3.10. The highest BCUT2D eigenvalue weighted by Crippen LogP contribution is 2.34. The number of hydrogen-bond acceptors (Lipinski definition) is 6. The maximum atomic E-state index is 11.9. The zero-order valence-electron chi connectivity index (χ0n) is 18.3. The molecular weight excluding hydrogens is 412 g/mol. The number of hydrogen-bond donors (Lipinski definition) is 1. The van der Waals surface area contributed by atoms with Crippen molar-refractivity contribution >= 4 is 15.8 Å². The van der Waals surface area contributed by atoms with Crippen LogP contribution in [-0.4, -0.2) is 56.0 Å². The van der Waals surface area contributed by atoms with Crippen LogP contribution in [0.2, 0.25) is 0 Å². The van der Waals surface area contributed by atoms with Crippen LogP contribution in [0, 0.1) is 6.92 Å². The summed E-state index contributed by atoms with van der Waals surface area (Å²) in [6, 6.07) is 10.4. The van der Waals surface area contributed by atoms with E-state index >= 15 is 0 Å². The van der Waals surface area contributed by atoms with Crippen molar-refractivity contribution in [2.24, 2.45) is 0 Å². The van der Waals surface area contributed by atoms with E-state index in [0.29, 0.717) is 12.5 Å². The van der Waals surface area contributed by atoms with Gasteiger partial charge in [-0.15, -0.1) is 0 Å². The molecule has 2 aromatic rings. The average molecular weight is 445 g/mol. The molecule has 2 fully saturated rings. The topological polar surface area (TPSA) is 84.4 Å². The molecule has 1 N–H and O–H groups in total. The van der Waals surface area contributed by atoms with Gasteiger partial charge in [0, 0.05) is 12.6 Å². The van der Waals surface area contributed by atoms with Gasteiger partial charge in [0.25, 0.3) is 0 Å². The third kappa shape index (κ3) is 5.81. The molecule has 31 heavy (non-hydrogen) atoms. The molecule has 0 radical (unpaired) electrons. The van der Waals surface area contributed by atoms with Gasteiger partial charge in [-0.25, -0.2) is 18.1 Å². The molecule has 4 rings (SSSR count). The second kappa shape index (κ2) is 9.63. The van der Waals surface area contributed by atoms with Gasteiger partial charge in [0.15, 0.2) is 0 Å². The third-order valence-electron chi connectivity index (χ3n) is 6.42. The Morgan fingerprint density at radius 1 is 1.06 bits per heavy atom. The Bertz CT molecular complexity index is 945. The summed E-state index contributed by atoms with van der Waals surface area (Å²) >= 11 is 0. The number of aromatic nitrogens is 2. The van der Waals surface area contributed by atoms with Gasteiger partial charge < -0.3 is 9.64 Å². The summed E-state index contributed by atoms with van der Waals surface area (Å²) in [4.78, 5) is 11.0. The molecule has 2 heterocycles. The SMILES string of the molecule is Cc1cnc(N2CC[C@H](NS(C)(=O)=O)[C@@H]2CO[C@H]2CC[C@@H](c3ccccc3)CC2)cn1. The van der Waals surface area contributed by atoms with Crippen LogP contribution >= 0.6 is 0 Å². The fraction of sp³-hybridized carbons (Fsp3) is 0.565. The summed E-state index contributed by atoms with van der Waals surface area (Å²) in [5.41, 5.74) is 2.27. The Morgan fingerprint density at radius 3 is 2.45 bits per heavy atom. The number of rotatable bonds is 7. The summed E-state index contributed by atoms with van der Waals surface area (Å²) in [5.74, 6) is 1.37. The highest BCUT2D eigenvalue weighted by molar-refractivity contribution is 7.88. The minimum Gasteiger partial charge on any atom is -0.376 e. The molecule has 0 amide bonds. The molecular formula is C23H32N4O3S. The second-order valence-electron chi connectivity index (χ2n) is 8.78. The average Bonchev–Trinajstić information content (AvgIpc) is 3.14. The van der Waals surface area contributed by atoms with Crippen molar-refractivity contribution in [2.75, 3.05) is 24.3 Å². The number of sulfonamides is 1. The molecule has 0 unspecified atom stereocenters. The van der Waals surface area contributed by atoms with Gasteiger partial charge in [0.2, 0.25) is 10.0 Å². The Kier molecular flexibility index (Phi) is 6.89. The van der Waals surface area contributed by atoms with Crippen molar-refractivity contribution in [3.05, 3.63) is 54.0 Å². The minimum atomic E-state index is -3.30. The van der Waals surface area contributed by atoms with Crippen molar-refractivity contribution < 1.29 is 13.2 Å². The van der Waals surface area contributed by atoms with Gasteiger partial charge in [-0.1, -0.05) is 30.3 Å². The fourth-order valence-electron chi connectivity index (χ4n) is 4.81. The van der Waals surface area contributed by atoms with Gasteiger partial charge in [-0.05, 0) is 50.5 Å². The number of benzene rings is 1. The van der Waals surface area contributed by atoms with Crippen LogP contribution in [0.25, 0.3) is 0 Å². The van der Waals surface area contributed by atoms with Crippen molar-refractivity contribution in [3.63, 3.8) is 0 Å². The normalized spacial score (nSPS) is 26.8. The van der Waals surface area contributed by atoms with E-state index in [-0.39, 0.29) is 18.2 Å². The summed E-state index contributed by atoms with van der Waals surface area (Å²) in [7, 11) is -3.30. The van der Waals surface area contributed by atoms with E-state index in [1.807, 2.05) is 6.92 Å². The first-order valence-electron chi connectivity index (χ1n) is 11.1. The number of nitrogens with zero attached hydrogens (tertiary/aromatic N) is 3. The first kappa shape index (κ1) is 22.2. The van der Waals surface area contributed by atoms with Gasteiger partial charge in [0.1, 0.15) is 5.82 Å². The van der Waals surface area contributed by atoms with E-state index in [4.69, 9.17) is 4.74 Å². The van der Waals surface area contributed by atoms with Crippen LogP contribution in [0.5, 0.6) is 0 Å². The van der Waals surface area contributed by atoms with E-state index in [1.54, 1.807) is 12.4 Å². The largest absolute Gasteiger partial charge is 0.376 e. The summed E-state index contributed by atoms with van der Waals surface area (Å²) in [6.07, 6.45) is 9.95. The standard InChI is InChI=1S/C23H32N4O3S/c1-17-14-25-23(15-24-17)27-13-12-21(26-31(2,28)29)22(27)16-30-20-10-8-19(9-11-20)18-6-4-3-5-7-18/h3-7,14-15,19-22,26H,8-13,16H2,1-2H3/t19-,20+,21-,22-/m0/s1. The molecule has 0 spiro atoms. The van der Waals surface area contributed by atoms with Crippen LogP contribution in [0.15, 0.2) is 42.7 Å². The van der Waals surface area contributed by atoms with Gasteiger partial charge >= 0.3 is 0 Å². The molecule has 2 aliphatic rings. The quantitative estimate of drug-likeness (QED) is 0.707. The Balaban J connectivity index is 1.39. The number of anilines is 1. The maximum absolute atomic E-state index is 11.9. The van der Waals surface area contributed by atoms with Crippen LogP contribution in [0.3, 0.4) is 0 Å². The Hall–Kier alpha value is -2.03.